The summed E-state index contributed by atoms with van der Waals surface area (Å²) in [7, 11) is 0. The van der Waals surface area contributed by atoms with E-state index in [-0.39, 0.29) is 12.5 Å². The van der Waals surface area contributed by atoms with Gasteiger partial charge in [0.05, 0.1) is 17.3 Å². The fourth-order valence-electron chi connectivity index (χ4n) is 1.18. The second kappa shape index (κ2) is 7.12. The van der Waals surface area contributed by atoms with Crippen molar-refractivity contribution in [1.29, 1.82) is 0 Å². The molecule has 0 aliphatic carbocycles. The van der Waals surface area contributed by atoms with E-state index in [9.17, 15) is 9.18 Å². The lowest BCUT2D eigenvalue weighted by molar-refractivity contribution is -0.141. The number of rotatable bonds is 6. The third kappa shape index (κ3) is 5.04. The number of ether oxygens (including phenoxy) is 1. The van der Waals surface area contributed by atoms with Crippen LogP contribution in [0.4, 0.5) is 10.1 Å². The molecule has 0 atom stereocenters. The Morgan fingerprint density at radius 3 is 3.00 bits per heavy atom. The summed E-state index contributed by atoms with van der Waals surface area (Å²) < 4.78 is 17.8. The van der Waals surface area contributed by atoms with E-state index in [0.717, 1.165) is 12.8 Å². The van der Waals surface area contributed by atoms with Crippen LogP contribution in [0, 0.1) is 5.82 Å². The van der Waals surface area contributed by atoms with E-state index in [1.165, 1.54) is 18.2 Å². The normalized spacial score (nSPS) is 10.1. The molecule has 3 nitrogen and oxygen atoms in total. The molecule has 0 bridgehead atoms. The molecule has 0 fully saturated rings. The highest BCUT2D eigenvalue weighted by Gasteiger charge is 2.05. The molecule has 0 aromatic heterocycles. The summed E-state index contributed by atoms with van der Waals surface area (Å²) in [6.07, 6.45) is 1.81. The molecule has 0 aliphatic rings. The summed E-state index contributed by atoms with van der Waals surface area (Å²) in [4.78, 5) is 11.3. The van der Waals surface area contributed by atoms with Gasteiger partial charge in [-0.3, -0.25) is 4.79 Å². The van der Waals surface area contributed by atoms with Crippen LogP contribution in [0.25, 0.3) is 0 Å². The number of unbranched alkanes of at least 4 members (excludes halogenated alkanes) is 1. The van der Waals surface area contributed by atoms with E-state index < -0.39 is 5.82 Å². The van der Waals surface area contributed by atoms with Gasteiger partial charge in [-0.05, 0) is 24.6 Å². The van der Waals surface area contributed by atoms with Gasteiger partial charge in [0.1, 0.15) is 12.4 Å². The van der Waals surface area contributed by atoms with Crippen molar-refractivity contribution in [3.8, 4) is 0 Å². The van der Waals surface area contributed by atoms with Gasteiger partial charge in [-0.1, -0.05) is 24.9 Å². The smallest absolute Gasteiger partial charge is 0.325 e. The third-order valence-corrected chi connectivity index (χ3v) is 2.44. The van der Waals surface area contributed by atoms with Crippen LogP contribution in [0.5, 0.6) is 0 Å². The van der Waals surface area contributed by atoms with Gasteiger partial charge in [-0.25, -0.2) is 4.39 Å². The second-order valence-electron chi connectivity index (χ2n) is 3.55. The zero-order valence-corrected chi connectivity index (χ0v) is 10.4. The Balaban J connectivity index is 2.39. The van der Waals surface area contributed by atoms with Gasteiger partial charge >= 0.3 is 5.97 Å². The number of hydrogen-bond donors (Lipinski definition) is 1. The van der Waals surface area contributed by atoms with Crippen LogP contribution in [0.1, 0.15) is 19.8 Å². The van der Waals surface area contributed by atoms with E-state index in [1.54, 1.807) is 0 Å². The van der Waals surface area contributed by atoms with Gasteiger partial charge in [0.25, 0.3) is 0 Å². The van der Waals surface area contributed by atoms with Crippen LogP contribution in [-0.4, -0.2) is 19.1 Å². The molecule has 5 heteroatoms. The first-order chi connectivity index (χ1) is 8.13. The van der Waals surface area contributed by atoms with Gasteiger partial charge in [-0.2, -0.15) is 0 Å². The van der Waals surface area contributed by atoms with Crippen molar-refractivity contribution in [3.05, 3.63) is 29.0 Å². The zero-order chi connectivity index (χ0) is 12.7. The molecule has 0 radical (unpaired) electrons. The number of benzene rings is 1. The largest absolute Gasteiger partial charge is 0.464 e. The Kier molecular flexibility index (Phi) is 5.77. The average Bonchev–Trinajstić information content (AvgIpc) is 2.31. The Hall–Kier alpha value is -1.29. The Labute approximate surface area is 105 Å². The summed E-state index contributed by atoms with van der Waals surface area (Å²) in [6, 6.07) is 3.93. The van der Waals surface area contributed by atoms with E-state index in [1.807, 2.05) is 6.92 Å². The number of hydrogen-bond acceptors (Lipinski definition) is 3. The molecule has 1 rings (SSSR count). The minimum absolute atomic E-state index is 0.0209. The second-order valence-corrected chi connectivity index (χ2v) is 3.96. The summed E-state index contributed by atoms with van der Waals surface area (Å²) in [5, 5.41) is 3.10. The molecule has 1 aromatic rings. The van der Waals surface area contributed by atoms with E-state index in [2.05, 4.69) is 5.32 Å². The van der Waals surface area contributed by atoms with Crippen molar-refractivity contribution >= 4 is 23.3 Å². The first-order valence-corrected chi connectivity index (χ1v) is 5.86. The van der Waals surface area contributed by atoms with Crippen LogP contribution in [-0.2, 0) is 9.53 Å². The standard InChI is InChI=1S/C12H15ClFNO2/c1-2-3-6-17-12(16)8-15-11-7-9(14)4-5-10(11)13/h4-5,7,15H,2-3,6,8H2,1H3. The van der Waals surface area contributed by atoms with Crippen molar-refractivity contribution in [2.45, 2.75) is 19.8 Å². The maximum absolute atomic E-state index is 12.9. The highest BCUT2D eigenvalue weighted by molar-refractivity contribution is 6.33. The molecule has 17 heavy (non-hydrogen) atoms. The molecular formula is C12H15ClFNO2. The molecule has 0 unspecified atom stereocenters. The van der Waals surface area contributed by atoms with E-state index >= 15 is 0 Å². The molecule has 1 N–H and O–H groups in total. The number of halogens is 2. The minimum Gasteiger partial charge on any atom is -0.464 e. The van der Waals surface area contributed by atoms with Crippen molar-refractivity contribution in [2.75, 3.05) is 18.5 Å². The fraction of sp³-hybridized carbons (Fsp3) is 0.417. The summed E-state index contributed by atoms with van der Waals surface area (Å²) in [5.41, 5.74) is 0.388. The van der Waals surface area contributed by atoms with Crippen LogP contribution >= 0.6 is 11.6 Å². The predicted molar refractivity (Wildman–Crippen MR) is 65.8 cm³/mol. The highest BCUT2D eigenvalue weighted by Crippen LogP contribution is 2.21. The SMILES string of the molecule is CCCCOC(=O)CNc1cc(F)ccc1Cl. The van der Waals surface area contributed by atoms with Crippen molar-refractivity contribution in [1.82, 2.24) is 0 Å². The molecule has 94 valence electrons. The van der Waals surface area contributed by atoms with Crippen molar-refractivity contribution in [2.24, 2.45) is 0 Å². The summed E-state index contributed by atoms with van der Waals surface area (Å²) >= 11 is 5.83. The molecule has 0 amide bonds. The quantitative estimate of drug-likeness (QED) is 0.630. The fourth-order valence-corrected chi connectivity index (χ4v) is 1.37. The number of carbonyl (C=O) groups is 1. The Bertz CT molecular complexity index is 385. The topological polar surface area (TPSA) is 38.3 Å². The number of carbonyl (C=O) groups excluding carboxylic acids is 1. The lowest BCUT2D eigenvalue weighted by Crippen LogP contribution is -2.17. The number of anilines is 1. The van der Waals surface area contributed by atoms with E-state index in [0.29, 0.717) is 17.3 Å². The van der Waals surface area contributed by atoms with Crippen LogP contribution in [0.2, 0.25) is 5.02 Å². The molecular weight excluding hydrogens is 245 g/mol. The lowest BCUT2D eigenvalue weighted by Gasteiger charge is -2.08. The van der Waals surface area contributed by atoms with Gasteiger partial charge in [0.15, 0.2) is 0 Å². The average molecular weight is 260 g/mol. The third-order valence-electron chi connectivity index (χ3n) is 2.11. The van der Waals surface area contributed by atoms with Crippen molar-refractivity contribution in [3.63, 3.8) is 0 Å². The zero-order valence-electron chi connectivity index (χ0n) is 9.63. The molecule has 0 spiro atoms. The molecule has 0 saturated heterocycles. The minimum atomic E-state index is -0.406. The molecule has 0 saturated carbocycles. The van der Waals surface area contributed by atoms with Crippen LogP contribution in [0.15, 0.2) is 18.2 Å². The molecule has 0 aliphatic heterocycles. The van der Waals surface area contributed by atoms with E-state index in [4.69, 9.17) is 16.3 Å². The van der Waals surface area contributed by atoms with Gasteiger partial charge in [0, 0.05) is 0 Å². The molecule has 1 aromatic carbocycles. The maximum atomic E-state index is 12.9. The first kappa shape index (κ1) is 13.8. The van der Waals surface area contributed by atoms with Crippen molar-refractivity contribution < 1.29 is 13.9 Å². The monoisotopic (exact) mass is 259 g/mol. The first-order valence-electron chi connectivity index (χ1n) is 5.48. The number of esters is 1. The summed E-state index contributed by atoms with van der Waals surface area (Å²) in [6.45, 7) is 2.40. The number of nitrogens with one attached hydrogen (secondary N) is 1. The van der Waals surface area contributed by atoms with Gasteiger partial charge < -0.3 is 10.1 Å². The lowest BCUT2D eigenvalue weighted by atomic mass is 10.3. The van der Waals surface area contributed by atoms with Crippen LogP contribution < -0.4 is 5.32 Å². The molecule has 0 heterocycles. The Morgan fingerprint density at radius 2 is 2.29 bits per heavy atom. The predicted octanol–water partition coefficient (Wildman–Crippen LogP) is 3.23. The summed E-state index contributed by atoms with van der Waals surface area (Å²) in [5.74, 6) is -0.782. The maximum Gasteiger partial charge on any atom is 0.325 e. The Morgan fingerprint density at radius 1 is 1.53 bits per heavy atom. The van der Waals surface area contributed by atoms with Gasteiger partial charge in [-0.15, -0.1) is 0 Å². The van der Waals surface area contributed by atoms with Crippen LogP contribution in [0.3, 0.4) is 0 Å². The van der Waals surface area contributed by atoms with Gasteiger partial charge in [0.2, 0.25) is 0 Å². The highest BCUT2D eigenvalue weighted by atomic mass is 35.5.